The lowest BCUT2D eigenvalue weighted by molar-refractivity contribution is -0.161. The van der Waals surface area contributed by atoms with Crippen LogP contribution in [0.25, 0.3) is 0 Å². The number of aliphatic hydroxyl groups is 1. The zero-order valence-corrected chi connectivity index (χ0v) is 66.9. The molecule has 0 aromatic heterocycles. The third-order valence-electron chi connectivity index (χ3n) is 18.9. The molecule has 0 rings (SSSR count). The molecule has 3 N–H and O–H groups in total. The summed E-state index contributed by atoms with van der Waals surface area (Å²) in [5.74, 6) is 0.986. The third kappa shape index (κ3) is 72.8. The minimum Gasteiger partial charge on any atom is -0.462 e. The van der Waals surface area contributed by atoms with Crippen LogP contribution in [0.4, 0.5) is 0 Å². The van der Waals surface area contributed by atoms with Gasteiger partial charge in [0.2, 0.25) is 0 Å². The lowest BCUT2D eigenvalue weighted by Gasteiger charge is -2.21. The fourth-order valence-electron chi connectivity index (χ4n) is 12.2. The van der Waals surface area contributed by atoms with Crippen LogP contribution in [0.15, 0.2) is 0 Å². The van der Waals surface area contributed by atoms with Crippen molar-refractivity contribution in [3.63, 3.8) is 0 Å². The van der Waals surface area contributed by atoms with Gasteiger partial charge in [0, 0.05) is 25.7 Å². The topological polar surface area (TPSA) is 237 Å². The predicted octanol–water partition coefficient (Wildman–Crippen LogP) is 23.6. The number of phosphoric acid groups is 2. The number of phosphoric ester groups is 2. The van der Waals surface area contributed by atoms with Crippen LogP contribution in [-0.4, -0.2) is 96.7 Å². The SMILES string of the molecule is CCC(C)CCCCCCCCC(=O)OC[C@H](COP(=O)(O)OC[C@H](O)COP(=O)(O)OC[C@@H](COC(=O)CCCCCCCCCCCCCCCC(C)C)OC(=O)CCCCCCCCCCCCCCC(C)C)OC(=O)CCCCCCCCCCCCCCCCCC(C)C. The molecular formula is C80H156O17P2. The van der Waals surface area contributed by atoms with Crippen molar-refractivity contribution >= 4 is 39.5 Å². The first-order valence-electron chi connectivity index (χ1n) is 41.2. The van der Waals surface area contributed by atoms with E-state index in [0.29, 0.717) is 25.7 Å². The van der Waals surface area contributed by atoms with Crippen molar-refractivity contribution in [1.29, 1.82) is 0 Å². The number of aliphatic hydroxyl groups excluding tert-OH is 1. The Morgan fingerprint density at radius 2 is 0.485 bits per heavy atom. The van der Waals surface area contributed by atoms with Crippen LogP contribution in [0.5, 0.6) is 0 Å². The van der Waals surface area contributed by atoms with Crippen molar-refractivity contribution < 1.29 is 80.2 Å². The Kier molecular flexibility index (Phi) is 67.8. The standard InChI is InChI=1S/C80H156O17P2/c1-9-73(8)59-51-43-38-39-45-53-61-78(83)91-67-76(97-80(85)62-54-46-36-30-24-16-12-10-11-14-20-26-32-40-48-56-70(2)3)69-95-99(88,89)93-65-74(81)64-92-98(86,87)94-68-75(96-79(84)63-55-47-37-31-25-19-18-22-28-34-42-50-58-72(6)7)66-90-77(82)60-52-44-35-29-23-17-13-15-21-27-33-41-49-57-71(4)5/h70-76,81H,9-69H2,1-8H3,(H,86,87)(H,88,89)/t73?,74-,75-,76-/m1/s1. The van der Waals surface area contributed by atoms with E-state index in [9.17, 15) is 43.2 Å². The number of hydrogen-bond acceptors (Lipinski definition) is 15. The lowest BCUT2D eigenvalue weighted by Crippen LogP contribution is -2.30. The smallest absolute Gasteiger partial charge is 0.462 e. The Hall–Kier alpha value is -1.94. The summed E-state index contributed by atoms with van der Waals surface area (Å²) >= 11 is 0. The molecule has 0 spiro atoms. The Morgan fingerprint density at radius 1 is 0.283 bits per heavy atom. The highest BCUT2D eigenvalue weighted by atomic mass is 31.2. The number of unbranched alkanes of at least 4 members (excludes halogenated alkanes) is 42. The molecule has 0 aromatic carbocycles. The van der Waals surface area contributed by atoms with E-state index < -0.39 is 97.5 Å². The van der Waals surface area contributed by atoms with Gasteiger partial charge in [0.05, 0.1) is 26.4 Å². The Bertz CT molecular complexity index is 1940. The number of hydrogen-bond donors (Lipinski definition) is 3. The van der Waals surface area contributed by atoms with E-state index in [4.69, 9.17) is 37.0 Å². The first-order valence-corrected chi connectivity index (χ1v) is 44.2. The van der Waals surface area contributed by atoms with Crippen molar-refractivity contribution in [1.82, 2.24) is 0 Å². The summed E-state index contributed by atoms with van der Waals surface area (Å²) in [6, 6.07) is 0. The molecule has 0 aromatic rings. The van der Waals surface area contributed by atoms with E-state index in [2.05, 4.69) is 55.4 Å². The van der Waals surface area contributed by atoms with E-state index in [-0.39, 0.29) is 25.7 Å². The van der Waals surface area contributed by atoms with Crippen LogP contribution < -0.4 is 0 Å². The summed E-state index contributed by atoms with van der Waals surface area (Å²) in [5.41, 5.74) is 0. The average Bonchev–Trinajstić information content (AvgIpc) is 1.10. The average molecular weight is 1450 g/mol. The zero-order chi connectivity index (χ0) is 73.1. The summed E-state index contributed by atoms with van der Waals surface area (Å²) in [6.07, 6.45) is 55.5. The Morgan fingerprint density at radius 3 is 0.717 bits per heavy atom. The second-order valence-electron chi connectivity index (χ2n) is 30.5. The maximum atomic E-state index is 13.1. The highest BCUT2D eigenvalue weighted by molar-refractivity contribution is 7.47. The van der Waals surface area contributed by atoms with Gasteiger partial charge in [-0.2, -0.15) is 0 Å². The summed E-state index contributed by atoms with van der Waals surface area (Å²) in [6.45, 7) is 14.3. The molecular weight excluding hydrogens is 1290 g/mol. The Balaban J connectivity index is 5.24. The van der Waals surface area contributed by atoms with Gasteiger partial charge in [-0.1, -0.05) is 357 Å². The van der Waals surface area contributed by atoms with Crippen LogP contribution in [0, 0.1) is 23.7 Å². The molecule has 588 valence electrons. The van der Waals surface area contributed by atoms with Crippen molar-refractivity contribution in [2.75, 3.05) is 39.6 Å². The maximum Gasteiger partial charge on any atom is 0.472 e. The van der Waals surface area contributed by atoms with Gasteiger partial charge in [0.15, 0.2) is 12.2 Å². The van der Waals surface area contributed by atoms with Gasteiger partial charge in [0.25, 0.3) is 0 Å². The zero-order valence-electron chi connectivity index (χ0n) is 65.1. The molecule has 0 aliphatic heterocycles. The van der Waals surface area contributed by atoms with Gasteiger partial charge >= 0.3 is 39.5 Å². The molecule has 19 heteroatoms. The lowest BCUT2D eigenvalue weighted by atomic mass is 10.00. The fraction of sp³-hybridized carbons (Fsp3) is 0.950. The van der Waals surface area contributed by atoms with E-state index in [1.54, 1.807) is 0 Å². The van der Waals surface area contributed by atoms with E-state index in [1.165, 1.54) is 205 Å². The second-order valence-corrected chi connectivity index (χ2v) is 33.4. The largest absolute Gasteiger partial charge is 0.472 e. The summed E-state index contributed by atoms with van der Waals surface area (Å²) < 4.78 is 68.7. The van der Waals surface area contributed by atoms with Gasteiger partial charge in [0.1, 0.15) is 19.3 Å². The van der Waals surface area contributed by atoms with Crippen molar-refractivity contribution in [2.24, 2.45) is 23.7 Å². The molecule has 0 radical (unpaired) electrons. The summed E-state index contributed by atoms with van der Waals surface area (Å²) in [4.78, 5) is 73.0. The van der Waals surface area contributed by atoms with Gasteiger partial charge in [-0.05, 0) is 49.4 Å². The number of rotatable bonds is 77. The summed E-state index contributed by atoms with van der Waals surface area (Å²) in [5, 5.41) is 10.6. The third-order valence-corrected chi connectivity index (χ3v) is 20.8. The minimum atomic E-state index is -4.96. The predicted molar refractivity (Wildman–Crippen MR) is 404 cm³/mol. The van der Waals surface area contributed by atoms with E-state index in [0.717, 1.165) is 120 Å². The van der Waals surface area contributed by atoms with Gasteiger partial charge in [-0.25, -0.2) is 9.13 Å². The van der Waals surface area contributed by atoms with Crippen LogP contribution in [-0.2, 0) is 65.4 Å². The number of ether oxygens (including phenoxy) is 4. The van der Waals surface area contributed by atoms with Gasteiger partial charge < -0.3 is 33.8 Å². The summed E-state index contributed by atoms with van der Waals surface area (Å²) in [7, 11) is -9.92. The van der Waals surface area contributed by atoms with Crippen LogP contribution in [0.3, 0.4) is 0 Å². The number of carbonyl (C=O) groups excluding carboxylic acids is 4. The molecule has 0 aliphatic carbocycles. The van der Waals surface area contributed by atoms with Crippen molar-refractivity contribution in [3.05, 3.63) is 0 Å². The molecule has 0 saturated heterocycles. The molecule has 0 heterocycles. The van der Waals surface area contributed by atoms with Crippen LogP contribution in [0.2, 0.25) is 0 Å². The fourth-order valence-corrected chi connectivity index (χ4v) is 13.8. The molecule has 0 aliphatic rings. The molecule has 3 unspecified atom stereocenters. The first kappa shape index (κ1) is 97.1. The normalized spacial score (nSPS) is 14.3. The number of esters is 4. The van der Waals surface area contributed by atoms with E-state index in [1.807, 2.05) is 0 Å². The molecule has 0 fully saturated rings. The molecule has 0 bridgehead atoms. The molecule has 0 amide bonds. The maximum absolute atomic E-state index is 13.1. The van der Waals surface area contributed by atoms with E-state index >= 15 is 0 Å². The van der Waals surface area contributed by atoms with Gasteiger partial charge in [-0.15, -0.1) is 0 Å². The molecule has 17 nitrogen and oxygen atoms in total. The van der Waals surface area contributed by atoms with Crippen LogP contribution >= 0.6 is 15.6 Å². The van der Waals surface area contributed by atoms with Gasteiger partial charge in [-0.3, -0.25) is 37.3 Å². The van der Waals surface area contributed by atoms with Crippen molar-refractivity contribution in [2.45, 2.75) is 427 Å². The molecule has 6 atom stereocenters. The van der Waals surface area contributed by atoms with Crippen molar-refractivity contribution in [3.8, 4) is 0 Å². The quantitative estimate of drug-likeness (QED) is 0.0222. The highest BCUT2D eigenvalue weighted by Crippen LogP contribution is 2.45. The van der Waals surface area contributed by atoms with Crippen LogP contribution in [0.1, 0.15) is 409 Å². The number of carbonyl (C=O) groups is 4. The molecule has 99 heavy (non-hydrogen) atoms. The first-order chi connectivity index (χ1) is 47.6. The monoisotopic (exact) mass is 1450 g/mol. The second kappa shape index (κ2) is 69.1. The molecule has 0 saturated carbocycles. The Labute approximate surface area is 607 Å². The highest BCUT2D eigenvalue weighted by Gasteiger charge is 2.30. The minimum absolute atomic E-state index is 0.106.